The Labute approximate surface area is 123 Å². The molecule has 10 heteroatoms. The van der Waals surface area contributed by atoms with Gasteiger partial charge in [0.25, 0.3) is 0 Å². The normalized spacial score (nSPS) is 10.9. The standard InChI is InChI=1S/C11H11N5O4S/c1-2-20-9-4-7(3-8(10(9)17)16(18)19)5-13-15-6-12-14-11(15)21/h3-6,17H,2H2,1H3,(H,14,21)/b13-5-. The topological polar surface area (TPSA) is 119 Å². The minimum atomic E-state index is -0.696. The van der Waals surface area contributed by atoms with Crippen LogP contribution in [0.5, 0.6) is 11.5 Å². The zero-order chi connectivity index (χ0) is 15.4. The third-order valence-corrected chi connectivity index (χ3v) is 2.72. The second kappa shape index (κ2) is 6.13. The highest BCUT2D eigenvalue weighted by molar-refractivity contribution is 7.71. The molecule has 1 aromatic heterocycles. The minimum absolute atomic E-state index is 0.0175. The molecular formula is C11H11N5O4S. The molecule has 0 amide bonds. The van der Waals surface area contributed by atoms with Gasteiger partial charge in [0.2, 0.25) is 10.5 Å². The van der Waals surface area contributed by atoms with Crippen LogP contribution >= 0.6 is 12.2 Å². The summed E-state index contributed by atoms with van der Waals surface area (Å²) in [5, 5.41) is 30.9. The first-order chi connectivity index (χ1) is 10.0. The van der Waals surface area contributed by atoms with Crippen LogP contribution in [0.1, 0.15) is 12.5 Å². The molecule has 1 aromatic carbocycles. The number of aromatic hydroxyl groups is 1. The van der Waals surface area contributed by atoms with Crippen molar-refractivity contribution in [1.82, 2.24) is 14.9 Å². The maximum atomic E-state index is 10.9. The maximum Gasteiger partial charge on any atom is 0.315 e. The highest BCUT2D eigenvalue weighted by Gasteiger charge is 2.19. The van der Waals surface area contributed by atoms with E-state index in [1.807, 2.05) is 0 Å². The largest absolute Gasteiger partial charge is 0.500 e. The van der Waals surface area contributed by atoms with E-state index in [9.17, 15) is 15.2 Å². The van der Waals surface area contributed by atoms with Gasteiger partial charge in [-0.1, -0.05) is 0 Å². The summed E-state index contributed by atoms with van der Waals surface area (Å²) in [4.78, 5) is 10.2. The lowest BCUT2D eigenvalue weighted by Crippen LogP contribution is -1.98. The fourth-order valence-corrected chi connectivity index (χ4v) is 1.69. The van der Waals surface area contributed by atoms with Gasteiger partial charge in [0.15, 0.2) is 5.75 Å². The second-order valence-electron chi connectivity index (χ2n) is 3.83. The Morgan fingerprint density at radius 3 is 3.00 bits per heavy atom. The van der Waals surface area contributed by atoms with Crippen LogP contribution in [0.4, 0.5) is 5.69 Å². The van der Waals surface area contributed by atoms with Crippen LogP contribution in [-0.4, -0.2) is 37.7 Å². The van der Waals surface area contributed by atoms with Crippen LogP contribution in [0.15, 0.2) is 23.6 Å². The van der Waals surface area contributed by atoms with E-state index in [2.05, 4.69) is 15.3 Å². The molecule has 2 N–H and O–H groups in total. The Morgan fingerprint density at radius 1 is 1.67 bits per heavy atom. The van der Waals surface area contributed by atoms with Gasteiger partial charge >= 0.3 is 5.69 Å². The Morgan fingerprint density at radius 2 is 2.43 bits per heavy atom. The van der Waals surface area contributed by atoms with Crippen molar-refractivity contribution in [3.05, 3.63) is 38.9 Å². The highest BCUT2D eigenvalue weighted by Crippen LogP contribution is 2.36. The number of nitrogens with one attached hydrogen (secondary N) is 1. The van der Waals surface area contributed by atoms with Crippen LogP contribution in [0, 0.1) is 14.9 Å². The molecule has 0 radical (unpaired) electrons. The first-order valence-corrected chi connectivity index (χ1v) is 6.24. The van der Waals surface area contributed by atoms with E-state index in [1.165, 1.54) is 29.4 Å². The number of phenols is 1. The Hall–Kier alpha value is -2.75. The number of aromatic nitrogens is 3. The Bertz CT molecular complexity index is 751. The van der Waals surface area contributed by atoms with Crippen LogP contribution < -0.4 is 4.74 Å². The molecule has 2 aromatic rings. The molecule has 0 fully saturated rings. The zero-order valence-corrected chi connectivity index (χ0v) is 11.7. The van der Waals surface area contributed by atoms with Crippen molar-refractivity contribution in [2.45, 2.75) is 6.92 Å². The number of aromatic amines is 1. The van der Waals surface area contributed by atoms with E-state index in [-0.39, 0.29) is 17.1 Å². The molecule has 0 unspecified atom stereocenters. The van der Waals surface area contributed by atoms with Gasteiger partial charge < -0.3 is 9.84 Å². The van der Waals surface area contributed by atoms with Crippen LogP contribution in [0.2, 0.25) is 0 Å². The maximum absolute atomic E-state index is 10.9. The van der Waals surface area contributed by atoms with E-state index in [1.54, 1.807) is 6.92 Å². The van der Waals surface area contributed by atoms with E-state index in [0.29, 0.717) is 5.56 Å². The predicted octanol–water partition coefficient (Wildman–Crippen LogP) is 1.84. The summed E-state index contributed by atoms with van der Waals surface area (Å²) >= 11 is 4.91. The number of hydrogen-bond acceptors (Lipinski definition) is 7. The molecule has 1 heterocycles. The first-order valence-electron chi connectivity index (χ1n) is 5.83. The third kappa shape index (κ3) is 3.23. The number of H-pyrrole nitrogens is 1. The molecule has 0 aliphatic heterocycles. The summed E-state index contributed by atoms with van der Waals surface area (Å²) in [7, 11) is 0. The van der Waals surface area contributed by atoms with E-state index in [0.717, 1.165) is 0 Å². The fourth-order valence-electron chi connectivity index (χ4n) is 1.55. The first kappa shape index (κ1) is 14.7. The molecule has 0 bridgehead atoms. The van der Waals surface area contributed by atoms with Crippen molar-refractivity contribution in [1.29, 1.82) is 0 Å². The molecular weight excluding hydrogens is 298 g/mol. The van der Waals surface area contributed by atoms with Crippen molar-refractivity contribution < 1.29 is 14.8 Å². The molecule has 0 atom stereocenters. The smallest absolute Gasteiger partial charge is 0.315 e. The molecule has 0 aliphatic rings. The lowest BCUT2D eigenvalue weighted by Gasteiger charge is -2.07. The van der Waals surface area contributed by atoms with E-state index >= 15 is 0 Å². The molecule has 110 valence electrons. The molecule has 2 rings (SSSR count). The van der Waals surface area contributed by atoms with Crippen molar-refractivity contribution in [2.24, 2.45) is 5.10 Å². The average molecular weight is 309 g/mol. The monoisotopic (exact) mass is 309 g/mol. The van der Waals surface area contributed by atoms with Crippen LogP contribution in [-0.2, 0) is 0 Å². The Kier molecular flexibility index (Phi) is 4.28. The minimum Gasteiger partial charge on any atom is -0.500 e. The van der Waals surface area contributed by atoms with E-state index < -0.39 is 16.4 Å². The quantitative estimate of drug-likeness (QED) is 0.376. The molecule has 0 saturated heterocycles. The van der Waals surface area contributed by atoms with E-state index in [4.69, 9.17) is 17.0 Å². The number of nitro benzene ring substituents is 1. The molecule has 9 nitrogen and oxygen atoms in total. The second-order valence-corrected chi connectivity index (χ2v) is 4.21. The number of nitrogens with zero attached hydrogens (tertiary/aromatic N) is 4. The molecule has 0 spiro atoms. The molecule has 0 saturated carbocycles. The van der Waals surface area contributed by atoms with Gasteiger partial charge in [-0.3, -0.25) is 15.2 Å². The van der Waals surface area contributed by atoms with Crippen molar-refractivity contribution in [2.75, 3.05) is 6.61 Å². The number of ether oxygens (including phenoxy) is 1. The lowest BCUT2D eigenvalue weighted by molar-refractivity contribution is -0.386. The summed E-state index contributed by atoms with van der Waals surface area (Å²) in [5.74, 6) is -0.497. The van der Waals surface area contributed by atoms with Gasteiger partial charge in [-0.2, -0.15) is 14.9 Å². The number of nitro groups is 1. The van der Waals surface area contributed by atoms with Gasteiger partial charge in [0.1, 0.15) is 6.33 Å². The van der Waals surface area contributed by atoms with Gasteiger partial charge in [-0.05, 0) is 25.2 Å². The summed E-state index contributed by atoms with van der Waals surface area (Å²) in [6.07, 6.45) is 2.71. The number of rotatable bonds is 5. The lowest BCUT2D eigenvalue weighted by atomic mass is 10.2. The van der Waals surface area contributed by atoms with Gasteiger partial charge in [0, 0.05) is 11.6 Å². The summed E-state index contributed by atoms with van der Waals surface area (Å²) in [6, 6.07) is 2.63. The summed E-state index contributed by atoms with van der Waals surface area (Å²) in [5.41, 5.74) is -0.0794. The predicted molar refractivity (Wildman–Crippen MR) is 76.3 cm³/mol. The zero-order valence-electron chi connectivity index (χ0n) is 10.9. The molecule has 0 aliphatic carbocycles. The van der Waals surface area contributed by atoms with Crippen molar-refractivity contribution in [3.8, 4) is 11.5 Å². The van der Waals surface area contributed by atoms with Gasteiger partial charge in [-0.25, -0.2) is 0 Å². The van der Waals surface area contributed by atoms with Crippen molar-refractivity contribution >= 4 is 24.1 Å². The van der Waals surface area contributed by atoms with Gasteiger partial charge in [0.05, 0.1) is 17.7 Å². The average Bonchev–Trinajstić information content (AvgIpc) is 2.85. The number of hydrogen-bond donors (Lipinski definition) is 2. The third-order valence-electron chi connectivity index (χ3n) is 2.44. The number of benzene rings is 1. The van der Waals surface area contributed by atoms with Crippen LogP contribution in [0.25, 0.3) is 0 Å². The highest BCUT2D eigenvalue weighted by atomic mass is 32.1. The molecule has 21 heavy (non-hydrogen) atoms. The summed E-state index contributed by atoms with van der Waals surface area (Å²) < 4.78 is 6.73. The number of phenolic OH excluding ortho intramolecular Hbond substituents is 1. The van der Waals surface area contributed by atoms with Crippen LogP contribution in [0.3, 0.4) is 0 Å². The SMILES string of the molecule is CCOc1cc(/C=N\n2cn[nH]c2=S)cc([N+](=O)[O-])c1O. The van der Waals surface area contributed by atoms with Crippen molar-refractivity contribution in [3.63, 3.8) is 0 Å². The van der Waals surface area contributed by atoms with Gasteiger partial charge in [-0.15, -0.1) is 0 Å². The fraction of sp³-hybridized carbons (Fsp3) is 0.182. The Balaban J connectivity index is 2.44. The summed E-state index contributed by atoms with van der Waals surface area (Å²) in [6.45, 7) is 1.97.